The number of carbonyl (C=O) groups is 1. The van der Waals surface area contributed by atoms with Crippen LogP contribution in [0.5, 0.6) is 6.01 Å². The lowest BCUT2D eigenvalue weighted by molar-refractivity contribution is -0.112. The summed E-state index contributed by atoms with van der Waals surface area (Å²) >= 11 is 5.50. The van der Waals surface area contributed by atoms with Gasteiger partial charge in [-0.05, 0) is 61.5 Å². The number of tetrazole rings is 1. The summed E-state index contributed by atoms with van der Waals surface area (Å²) in [7, 11) is 0. The standard InChI is InChI=1S/C17H22N6O2S/c1-13(2)22(12-21-10-6-9-15(21)11-24)17(26)25-16-18-19-20-23(16)14-7-4-3-5-8-14/h3-5,7-8,11,13,15H,6,9-10,12H2,1-2H3/t15-/m1/s1. The average Bonchev–Trinajstić information content (AvgIpc) is 3.28. The van der Waals surface area contributed by atoms with Gasteiger partial charge in [0.05, 0.1) is 18.4 Å². The van der Waals surface area contributed by atoms with Gasteiger partial charge in [0.1, 0.15) is 6.29 Å². The van der Waals surface area contributed by atoms with Gasteiger partial charge in [-0.1, -0.05) is 23.3 Å². The van der Waals surface area contributed by atoms with Gasteiger partial charge in [0, 0.05) is 12.6 Å². The Morgan fingerprint density at radius 1 is 1.42 bits per heavy atom. The molecule has 1 saturated heterocycles. The number of rotatable bonds is 6. The molecule has 0 amide bonds. The molecule has 138 valence electrons. The SMILES string of the molecule is CC(C)N(CN1CCC[C@@H]1C=O)C(=S)Oc1nnnn1-c1ccccc1. The molecule has 0 aliphatic carbocycles. The predicted molar refractivity (Wildman–Crippen MR) is 100 cm³/mol. The number of ether oxygens (including phenoxy) is 1. The zero-order valence-corrected chi connectivity index (χ0v) is 15.7. The number of likely N-dealkylation sites (tertiary alicyclic amines) is 1. The molecule has 0 radical (unpaired) electrons. The van der Waals surface area contributed by atoms with E-state index in [4.69, 9.17) is 17.0 Å². The monoisotopic (exact) mass is 374 g/mol. The van der Waals surface area contributed by atoms with Gasteiger partial charge in [-0.2, -0.15) is 4.68 Å². The third-order valence-electron chi connectivity index (χ3n) is 4.38. The fourth-order valence-electron chi connectivity index (χ4n) is 2.92. The van der Waals surface area contributed by atoms with Crippen LogP contribution in [0.1, 0.15) is 26.7 Å². The van der Waals surface area contributed by atoms with E-state index in [9.17, 15) is 4.79 Å². The highest BCUT2D eigenvalue weighted by Crippen LogP contribution is 2.18. The number of hydrogen-bond donors (Lipinski definition) is 0. The summed E-state index contributed by atoms with van der Waals surface area (Å²) in [6, 6.07) is 9.72. The fourth-order valence-corrected chi connectivity index (χ4v) is 3.26. The molecule has 2 heterocycles. The summed E-state index contributed by atoms with van der Waals surface area (Å²) in [5, 5.41) is 11.9. The zero-order valence-electron chi connectivity index (χ0n) is 14.9. The number of aromatic nitrogens is 4. The van der Waals surface area contributed by atoms with Crippen LogP contribution in [0.25, 0.3) is 5.69 Å². The molecule has 1 aromatic carbocycles. The average molecular weight is 374 g/mol. The normalized spacial score (nSPS) is 17.4. The second-order valence-electron chi connectivity index (χ2n) is 6.44. The highest BCUT2D eigenvalue weighted by molar-refractivity contribution is 7.80. The van der Waals surface area contributed by atoms with Crippen LogP contribution in [0, 0.1) is 0 Å². The number of aldehydes is 1. The minimum atomic E-state index is -0.0614. The summed E-state index contributed by atoms with van der Waals surface area (Å²) in [4.78, 5) is 15.3. The molecule has 0 unspecified atom stereocenters. The summed E-state index contributed by atoms with van der Waals surface area (Å²) in [5.41, 5.74) is 0.784. The predicted octanol–water partition coefficient (Wildman–Crippen LogP) is 1.66. The molecule has 1 aromatic heterocycles. The van der Waals surface area contributed by atoms with Gasteiger partial charge in [0.25, 0.3) is 5.17 Å². The van der Waals surface area contributed by atoms with Crippen LogP contribution >= 0.6 is 12.2 Å². The second kappa shape index (κ2) is 8.33. The molecule has 0 saturated carbocycles. The zero-order chi connectivity index (χ0) is 18.5. The Morgan fingerprint density at radius 3 is 2.88 bits per heavy atom. The third-order valence-corrected chi connectivity index (χ3v) is 4.70. The van der Waals surface area contributed by atoms with E-state index in [1.54, 1.807) is 0 Å². The molecule has 26 heavy (non-hydrogen) atoms. The Labute approximate surface area is 157 Å². The summed E-state index contributed by atoms with van der Waals surface area (Å²) < 4.78 is 7.31. The lowest BCUT2D eigenvalue weighted by atomic mass is 10.2. The highest BCUT2D eigenvalue weighted by Gasteiger charge is 2.28. The van der Waals surface area contributed by atoms with Crippen LogP contribution in [-0.4, -0.2) is 66.8 Å². The molecule has 1 aliphatic heterocycles. The first-order chi connectivity index (χ1) is 12.6. The van der Waals surface area contributed by atoms with Crippen molar-refractivity contribution in [2.24, 2.45) is 0 Å². The van der Waals surface area contributed by atoms with Crippen LogP contribution in [0.4, 0.5) is 0 Å². The Kier molecular flexibility index (Phi) is 5.89. The molecule has 1 fully saturated rings. The lowest BCUT2D eigenvalue weighted by Crippen LogP contribution is -2.48. The van der Waals surface area contributed by atoms with Crippen molar-refractivity contribution >= 4 is 23.7 Å². The number of benzene rings is 1. The van der Waals surface area contributed by atoms with E-state index >= 15 is 0 Å². The number of nitrogens with zero attached hydrogens (tertiary/aromatic N) is 6. The van der Waals surface area contributed by atoms with Gasteiger partial charge in [0.2, 0.25) is 0 Å². The van der Waals surface area contributed by atoms with Crippen molar-refractivity contribution in [1.82, 2.24) is 30.0 Å². The minimum Gasteiger partial charge on any atom is -0.395 e. The smallest absolute Gasteiger partial charge is 0.347 e. The molecular weight excluding hydrogens is 352 g/mol. The maximum atomic E-state index is 11.2. The molecular formula is C17H22N6O2S. The van der Waals surface area contributed by atoms with Crippen LogP contribution < -0.4 is 4.74 Å². The van der Waals surface area contributed by atoms with Gasteiger partial charge < -0.3 is 14.4 Å². The van der Waals surface area contributed by atoms with Crippen molar-refractivity contribution in [3.8, 4) is 11.7 Å². The molecule has 0 N–H and O–H groups in total. The molecule has 0 bridgehead atoms. The third kappa shape index (κ3) is 4.05. The molecule has 2 aromatic rings. The minimum absolute atomic E-state index is 0.0614. The van der Waals surface area contributed by atoms with Crippen molar-refractivity contribution in [3.05, 3.63) is 30.3 Å². The number of carbonyl (C=O) groups excluding carboxylic acids is 1. The van der Waals surface area contributed by atoms with Crippen molar-refractivity contribution in [3.63, 3.8) is 0 Å². The first-order valence-electron chi connectivity index (χ1n) is 8.61. The van der Waals surface area contributed by atoms with Crippen LogP contribution in [0.2, 0.25) is 0 Å². The molecule has 0 spiro atoms. The lowest BCUT2D eigenvalue weighted by Gasteiger charge is -2.33. The number of para-hydroxylation sites is 1. The van der Waals surface area contributed by atoms with E-state index < -0.39 is 0 Å². The number of thiocarbonyl (C=S) groups is 1. The maximum Gasteiger partial charge on any atom is 0.347 e. The van der Waals surface area contributed by atoms with E-state index in [1.807, 2.05) is 49.1 Å². The van der Waals surface area contributed by atoms with E-state index in [0.717, 1.165) is 31.4 Å². The van der Waals surface area contributed by atoms with E-state index in [1.165, 1.54) is 4.68 Å². The van der Waals surface area contributed by atoms with Crippen molar-refractivity contribution in [2.45, 2.75) is 38.8 Å². The molecule has 8 nitrogen and oxygen atoms in total. The number of hydrogen-bond acceptors (Lipinski definition) is 7. The van der Waals surface area contributed by atoms with Gasteiger partial charge in [0.15, 0.2) is 0 Å². The Morgan fingerprint density at radius 2 is 2.19 bits per heavy atom. The Balaban J connectivity index is 1.73. The second-order valence-corrected chi connectivity index (χ2v) is 6.79. The van der Waals surface area contributed by atoms with E-state index in [-0.39, 0.29) is 23.3 Å². The molecule has 1 atom stereocenters. The van der Waals surface area contributed by atoms with Crippen molar-refractivity contribution in [1.29, 1.82) is 0 Å². The molecule has 1 aliphatic rings. The summed E-state index contributed by atoms with van der Waals surface area (Å²) in [6.45, 7) is 5.47. The van der Waals surface area contributed by atoms with Gasteiger partial charge in [-0.3, -0.25) is 4.90 Å². The van der Waals surface area contributed by atoms with Gasteiger partial charge in [-0.25, -0.2) is 0 Å². The van der Waals surface area contributed by atoms with Crippen molar-refractivity contribution < 1.29 is 9.53 Å². The van der Waals surface area contributed by atoms with Gasteiger partial charge in [-0.15, -0.1) is 0 Å². The van der Waals surface area contributed by atoms with Crippen LogP contribution in [-0.2, 0) is 4.79 Å². The molecule has 3 rings (SSSR count). The quantitative estimate of drug-likeness (QED) is 0.558. The Hall–Kier alpha value is -2.39. The topological polar surface area (TPSA) is 76.4 Å². The van der Waals surface area contributed by atoms with Gasteiger partial charge >= 0.3 is 6.01 Å². The summed E-state index contributed by atoms with van der Waals surface area (Å²) in [5.74, 6) is 0. The first-order valence-corrected chi connectivity index (χ1v) is 9.02. The maximum absolute atomic E-state index is 11.2. The van der Waals surface area contributed by atoms with Crippen LogP contribution in [0.3, 0.4) is 0 Å². The molecule has 9 heteroatoms. The first kappa shape index (κ1) is 18.4. The van der Waals surface area contributed by atoms with Crippen LogP contribution in [0.15, 0.2) is 30.3 Å². The largest absolute Gasteiger partial charge is 0.395 e. The highest BCUT2D eigenvalue weighted by atomic mass is 32.1. The summed E-state index contributed by atoms with van der Waals surface area (Å²) in [6.07, 6.45) is 2.90. The van der Waals surface area contributed by atoms with E-state index in [2.05, 4.69) is 20.4 Å². The van der Waals surface area contributed by atoms with Crippen molar-refractivity contribution in [2.75, 3.05) is 13.2 Å². The fraction of sp³-hybridized carbons (Fsp3) is 0.471. The Bertz CT molecular complexity index is 751. The van der Waals surface area contributed by atoms with E-state index in [0.29, 0.717) is 6.67 Å².